The van der Waals surface area contributed by atoms with Crippen LogP contribution in [0.4, 0.5) is 0 Å². The fraction of sp³-hybridized carbons (Fsp3) is 0.625. The molecule has 2 saturated carbocycles. The van der Waals surface area contributed by atoms with E-state index in [0.717, 1.165) is 18.4 Å². The standard InChI is InChI=1S/C16H23N/c1-3-14(11-16(5-1)15-8-9-15)12-17-10-2-4-13-6-7-13/h1,3,5,11,13,15,17H,2,4,6-10,12H2. The molecule has 1 aromatic carbocycles. The van der Waals surface area contributed by atoms with E-state index in [1.807, 2.05) is 0 Å². The zero-order valence-corrected chi connectivity index (χ0v) is 10.6. The molecule has 0 radical (unpaired) electrons. The summed E-state index contributed by atoms with van der Waals surface area (Å²) in [5, 5.41) is 3.57. The number of rotatable bonds is 7. The summed E-state index contributed by atoms with van der Waals surface area (Å²) in [4.78, 5) is 0. The van der Waals surface area contributed by atoms with Gasteiger partial charge in [-0.25, -0.2) is 0 Å². The summed E-state index contributed by atoms with van der Waals surface area (Å²) in [6.45, 7) is 2.23. The normalized spacial score (nSPS) is 19.5. The van der Waals surface area contributed by atoms with Crippen molar-refractivity contribution in [2.75, 3.05) is 6.54 Å². The van der Waals surface area contributed by atoms with E-state index >= 15 is 0 Å². The van der Waals surface area contributed by atoms with Crippen LogP contribution in [0.5, 0.6) is 0 Å². The molecule has 0 aromatic heterocycles. The highest BCUT2D eigenvalue weighted by molar-refractivity contribution is 5.29. The van der Waals surface area contributed by atoms with Crippen LogP contribution in [0.1, 0.15) is 55.6 Å². The first-order valence-corrected chi connectivity index (χ1v) is 7.21. The Hall–Kier alpha value is -0.820. The van der Waals surface area contributed by atoms with E-state index in [2.05, 4.69) is 29.6 Å². The summed E-state index contributed by atoms with van der Waals surface area (Å²) >= 11 is 0. The average Bonchev–Trinajstić information content (AvgIpc) is 3.22. The smallest absolute Gasteiger partial charge is 0.0205 e. The van der Waals surface area contributed by atoms with Crippen molar-refractivity contribution in [1.82, 2.24) is 5.32 Å². The maximum atomic E-state index is 3.57. The topological polar surface area (TPSA) is 12.0 Å². The van der Waals surface area contributed by atoms with Gasteiger partial charge in [0.15, 0.2) is 0 Å². The van der Waals surface area contributed by atoms with Crippen LogP contribution < -0.4 is 5.32 Å². The molecule has 0 saturated heterocycles. The van der Waals surface area contributed by atoms with Gasteiger partial charge in [-0.2, -0.15) is 0 Å². The van der Waals surface area contributed by atoms with Crippen molar-refractivity contribution in [2.45, 2.75) is 51.0 Å². The van der Waals surface area contributed by atoms with Gasteiger partial charge in [-0.05, 0) is 55.2 Å². The van der Waals surface area contributed by atoms with Gasteiger partial charge in [-0.1, -0.05) is 37.1 Å². The van der Waals surface area contributed by atoms with Crippen LogP contribution in [-0.2, 0) is 6.54 Å². The van der Waals surface area contributed by atoms with Crippen LogP contribution in [0.2, 0.25) is 0 Å². The van der Waals surface area contributed by atoms with Crippen molar-refractivity contribution in [1.29, 1.82) is 0 Å². The third-order valence-electron chi connectivity index (χ3n) is 3.99. The molecule has 0 bridgehead atoms. The van der Waals surface area contributed by atoms with Crippen LogP contribution in [0.25, 0.3) is 0 Å². The minimum atomic E-state index is 0.879. The number of hydrogen-bond acceptors (Lipinski definition) is 1. The molecule has 0 aliphatic heterocycles. The van der Waals surface area contributed by atoms with Gasteiger partial charge in [-0.3, -0.25) is 0 Å². The Balaban J connectivity index is 1.39. The predicted molar refractivity (Wildman–Crippen MR) is 72.1 cm³/mol. The zero-order valence-electron chi connectivity index (χ0n) is 10.6. The summed E-state index contributed by atoms with van der Waals surface area (Å²) in [6, 6.07) is 9.15. The number of benzene rings is 1. The molecule has 1 aromatic rings. The highest BCUT2D eigenvalue weighted by Gasteiger charge is 2.23. The first-order chi connectivity index (χ1) is 8.42. The van der Waals surface area contributed by atoms with Gasteiger partial charge in [0.25, 0.3) is 0 Å². The molecule has 1 N–H and O–H groups in total. The van der Waals surface area contributed by atoms with Gasteiger partial charge in [0, 0.05) is 6.54 Å². The molecule has 0 heterocycles. The van der Waals surface area contributed by atoms with E-state index in [-0.39, 0.29) is 0 Å². The molecule has 2 aliphatic carbocycles. The second-order valence-corrected chi connectivity index (χ2v) is 5.78. The van der Waals surface area contributed by atoms with Crippen molar-refractivity contribution in [3.63, 3.8) is 0 Å². The van der Waals surface area contributed by atoms with E-state index in [1.54, 1.807) is 5.56 Å². The van der Waals surface area contributed by atoms with Gasteiger partial charge >= 0.3 is 0 Å². The average molecular weight is 229 g/mol. The SMILES string of the molecule is c1cc(CNCCCC2CC2)cc(C2CC2)c1. The van der Waals surface area contributed by atoms with Crippen molar-refractivity contribution in [3.05, 3.63) is 35.4 Å². The largest absolute Gasteiger partial charge is 0.313 e. The Labute approximate surface area is 105 Å². The van der Waals surface area contributed by atoms with Crippen LogP contribution in [0.3, 0.4) is 0 Å². The third-order valence-corrected chi connectivity index (χ3v) is 3.99. The molecular weight excluding hydrogens is 206 g/mol. The van der Waals surface area contributed by atoms with Gasteiger partial charge < -0.3 is 5.32 Å². The Morgan fingerprint density at radius 3 is 2.76 bits per heavy atom. The predicted octanol–water partition coefficient (Wildman–Crippen LogP) is 3.84. The van der Waals surface area contributed by atoms with Crippen LogP contribution in [0.15, 0.2) is 24.3 Å². The van der Waals surface area contributed by atoms with Crippen molar-refractivity contribution in [3.8, 4) is 0 Å². The summed E-state index contributed by atoms with van der Waals surface area (Å²) < 4.78 is 0. The first-order valence-electron chi connectivity index (χ1n) is 7.21. The lowest BCUT2D eigenvalue weighted by Crippen LogP contribution is -2.14. The summed E-state index contributed by atoms with van der Waals surface area (Å²) in [6.07, 6.45) is 8.57. The van der Waals surface area contributed by atoms with Crippen LogP contribution in [-0.4, -0.2) is 6.54 Å². The lowest BCUT2D eigenvalue weighted by Gasteiger charge is -2.06. The molecule has 92 valence electrons. The molecule has 2 aliphatic rings. The summed E-state index contributed by atoms with van der Waals surface area (Å²) in [7, 11) is 0. The molecule has 0 spiro atoms. The molecule has 1 heteroatoms. The lowest BCUT2D eigenvalue weighted by molar-refractivity contribution is 0.594. The van der Waals surface area contributed by atoms with Gasteiger partial charge in [0.1, 0.15) is 0 Å². The maximum absolute atomic E-state index is 3.57. The highest BCUT2D eigenvalue weighted by atomic mass is 14.8. The maximum Gasteiger partial charge on any atom is 0.0205 e. The molecule has 0 unspecified atom stereocenters. The van der Waals surface area contributed by atoms with Crippen LogP contribution in [0, 0.1) is 5.92 Å². The Bertz CT molecular complexity index is 364. The molecule has 2 fully saturated rings. The fourth-order valence-electron chi connectivity index (χ4n) is 2.53. The quantitative estimate of drug-likeness (QED) is 0.700. The lowest BCUT2D eigenvalue weighted by atomic mass is 10.1. The summed E-state index contributed by atoms with van der Waals surface area (Å²) in [5.41, 5.74) is 3.02. The Kier molecular flexibility index (Phi) is 3.46. The van der Waals surface area contributed by atoms with E-state index in [1.165, 1.54) is 50.6 Å². The second-order valence-electron chi connectivity index (χ2n) is 5.78. The van der Waals surface area contributed by atoms with E-state index in [0.29, 0.717) is 0 Å². The number of nitrogens with one attached hydrogen (secondary N) is 1. The zero-order chi connectivity index (χ0) is 11.5. The van der Waals surface area contributed by atoms with E-state index < -0.39 is 0 Å². The minimum Gasteiger partial charge on any atom is -0.313 e. The molecule has 0 amide bonds. The Morgan fingerprint density at radius 1 is 1.12 bits per heavy atom. The second kappa shape index (κ2) is 5.22. The van der Waals surface area contributed by atoms with E-state index in [4.69, 9.17) is 0 Å². The van der Waals surface area contributed by atoms with Crippen molar-refractivity contribution in [2.24, 2.45) is 5.92 Å². The monoisotopic (exact) mass is 229 g/mol. The molecule has 17 heavy (non-hydrogen) atoms. The highest BCUT2D eigenvalue weighted by Crippen LogP contribution is 2.40. The van der Waals surface area contributed by atoms with Gasteiger partial charge in [-0.15, -0.1) is 0 Å². The van der Waals surface area contributed by atoms with Crippen molar-refractivity contribution >= 4 is 0 Å². The van der Waals surface area contributed by atoms with Gasteiger partial charge in [0.2, 0.25) is 0 Å². The van der Waals surface area contributed by atoms with Crippen LogP contribution >= 0.6 is 0 Å². The molecule has 1 nitrogen and oxygen atoms in total. The minimum absolute atomic E-state index is 0.879. The number of hydrogen-bond donors (Lipinski definition) is 1. The van der Waals surface area contributed by atoms with Crippen molar-refractivity contribution < 1.29 is 0 Å². The van der Waals surface area contributed by atoms with E-state index in [9.17, 15) is 0 Å². The molecular formula is C16H23N. The fourth-order valence-corrected chi connectivity index (χ4v) is 2.53. The first kappa shape index (κ1) is 11.3. The van der Waals surface area contributed by atoms with Gasteiger partial charge in [0.05, 0.1) is 0 Å². The molecule has 3 rings (SSSR count). The molecule has 0 atom stereocenters. The summed E-state index contributed by atoms with van der Waals surface area (Å²) in [5.74, 6) is 1.96. The third kappa shape index (κ3) is 3.57. The Morgan fingerprint density at radius 2 is 2.00 bits per heavy atom.